The molecule has 0 atom stereocenters. The zero-order valence-corrected chi connectivity index (χ0v) is 15.9. The Hall–Kier alpha value is -2.42. The molecule has 0 saturated carbocycles. The first-order valence-electron chi connectivity index (χ1n) is 8.25. The normalized spacial score (nSPS) is 13.8. The maximum atomic E-state index is 12.4. The third-order valence-electron chi connectivity index (χ3n) is 4.25. The molecule has 2 aromatic carbocycles. The number of carbonyl (C=O) groups excluding carboxylic acids is 2. The first-order chi connectivity index (χ1) is 12.8. The summed E-state index contributed by atoms with van der Waals surface area (Å²) in [6, 6.07) is 11.0. The predicted octanol–water partition coefficient (Wildman–Crippen LogP) is 2.01. The van der Waals surface area contributed by atoms with E-state index >= 15 is 0 Å². The number of primary sulfonamides is 1. The van der Waals surface area contributed by atoms with Crippen molar-refractivity contribution in [2.75, 3.05) is 18.4 Å². The van der Waals surface area contributed by atoms with Gasteiger partial charge in [-0.25, -0.2) is 13.6 Å². The van der Waals surface area contributed by atoms with E-state index in [1.807, 2.05) is 0 Å². The number of anilines is 1. The van der Waals surface area contributed by atoms with Gasteiger partial charge in [0.2, 0.25) is 15.9 Å². The number of nitrogens with one attached hydrogen (secondary N) is 1. The van der Waals surface area contributed by atoms with E-state index in [1.54, 1.807) is 29.2 Å². The van der Waals surface area contributed by atoms with Crippen LogP contribution in [-0.4, -0.2) is 38.2 Å². The van der Waals surface area contributed by atoms with E-state index in [4.69, 9.17) is 16.7 Å². The van der Waals surface area contributed by atoms with Crippen LogP contribution in [0.4, 0.5) is 5.69 Å². The lowest BCUT2D eigenvalue weighted by Gasteiger charge is -2.31. The van der Waals surface area contributed by atoms with Gasteiger partial charge in [0.1, 0.15) is 0 Å². The number of benzene rings is 2. The van der Waals surface area contributed by atoms with E-state index in [0.29, 0.717) is 23.7 Å². The molecule has 1 saturated heterocycles. The van der Waals surface area contributed by atoms with Gasteiger partial charge < -0.3 is 10.2 Å². The summed E-state index contributed by atoms with van der Waals surface area (Å²) in [6.07, 6.45) is 0.908. The fourth-order valence-electron chi connectivity index (χ4n) is 2.72. The van der Waals surface area contributed by atoms with Crippen LogP contribution in [0.25, 0.3) is 0 Å². The van der Waals surface area contributed by atoms with Gasteiger partial charge in [-0.3, -0.25) is 9.59 Å². The van der Waals surface area contributed by atoms with E-state index < -0.39 is 10.0 Å². The number of rotatable bonds is 5. The van der Waals surface area contributed by atoms with Crippen molar-refractivity contribution in [1.29, 1.82) is 0 Å². The topological polar surface area (TPSA) is 110 Å². The summed E-state index contributed by atoms with van der Waals surface area (Å²) in [5, 5.41) is 8.35. The second-order valence-electron chi connectivity index (χ2n) is 6.22. The highest BCUT2D eigenvalue weighted by Gasteiger charge is 2.27. The average molecular weight is 408 g/mol. The summed E-state index contributed by atoms with van der Waals surface area (Å²) in [4.78, 5) is 25.9. The molecule has 2 aromatic rings. The third-order valence-corrected chi connectivity index (χ3v) is 5.57. The molecular formula is C18H18ClN3O4S. The average Bonchev–Trinajstić information content (AvgIpc) is 2.54. The van der Waals surface area contributed by atoms with Gasteiger partial charge in [0, 0.05) is 23.8 Å². The molecule has 7 nitrogen and oxygen atoms in total. The van der Waals surface area contributed by atoms with Gasteiger partial charge in [0.05, 0.1) is 16.9 Å². The zero-order chi connectivity index (χ0) is 19.6. The second kappa shape index (κ2) is 7.67. The number of hydrogen-bond donors (Lipinski definition) is 2. The Bertz CT molecular complexity index is 1000. The second-order valence-corrected chi connectivity index (χ2v) is 8.16. The molecule has 0 radical (unpaired) electrons. The quantitative estimate of drug-likeness (QED) is 0.789. The summed E-state index contributed by atoms with van der Waals surface area (Å²) in [6.45, 7) is 1.17. The van der Waals surface area contributed by atoms with E-state index in [9.17, 15) is 18.0 Å². The van der Waals surface area contributed by atoms with Gasteiger partial charge in [-0.2, -0.15) is 0 Å². The Morgan fingerprint density at radius 2 is 1.85 bits per heavy atom. The van der Waals surface area contributed by atoms with Crippen LogP contribution in [-0.2, 0) is 21.2 Å². The fourth-order valence-corrected chi connectivity index (χ4v) is 3.68. The molecule has 1 heterocycles. The first kappa shape index (κ1) is 19.3. The number of likely N-dealkylation sites (tertiary alicyclic amines) is 1. The lowest BCUT2D eigenvalue weighted by atomic mass is 10.1. The lowest BCUT2D eigenvalue weighted by Crippen LogP contribution is -2.42. The number of halogens is 1. The highest BCUT2D eigenvalue weighted by Crippen LogP contribution is 2.24. The molecule has 0 spiro atoms. The molecule has 0 bridgehead atoms. The van der Waals surface area contributed by atoms with Crippen LogP contribution < -0.4 is 10.5 Å². The van der Waals surface area contributed by atoms with Crippen molar-refractivity contribution < 1.29 is 18.0 Å². The third kappa shape index (κ3) is 4.47. The largest absolute Gasteiger partial charge is 0.338 e. The number of carbonyl (C=O) groups is 2. The summed E-state index contributed by atoms with van der Waals surface area (Å²) in [7, 11) is -4.14. The maximum Gasteiger partial charge on any atom is 0.255 e. The minimum atomic E-state index is -4.14. The minimum absolute atomic E-state index is 0.00121. The Kier molecular flexibility index (Phi) is 5.50. The SMILES string of the molecule is NS(=O)(=O)c1cc(NC(=O)Cc2ccccc2Cl)ccc1C(=O)N1CCC1. The van der Waals surface area contributed by atoms with E-state index in [1.165, 1.54) is 18.2 Å². The number of sulfonamides is 1. The van der Waals surface area contributed by atoms with E-state index in [2.05, 4.69) is 5.32 Å². The van der Waals surface area contributed by atoms with Gasteiger partial charge in [0.25, 0.3) is 5.91 Å². The van der Waals surface area contributed by atoms with Crippen LogP contribution >= 0.6 is 11.6 Å². The number of nitrogens with two attached hydrogens (primary N) is 1. The number of hydrogen-bond acceptors (Lipinski definition) is 4. The van der Waals surface area contributed by atoms with Crippen molar-refractivity contribution in [2.45, 2.75) is 17.7 Å². The Morgan fingerprint density at radius 1 is 1.15 bits per heavy atom. The van der Waals surface area contributed by atoms with Gasteiger partial charge in [-0.15, -0.1) is 0 Å². The number of nitrogens with zero attached hydrogens (tertiary/aromatic N) is 1. The van der Waals surface area contributed by atoms with Crippen molar-refractivity contribution >= 4 is 39.1 Å². The summed E-state index contributed by atoms with van der Waals surface area (Å²) >= 11 is 6.04. The molecule has 3 N–H and O–H groups in total. The molecule has 2 amide bonds. The zero-order valence-electron chi connectivity index (χ0n) is 14.3. The van der Waals surface area contributed by atoms with E-state index in [0.717, 1.165) is 6.42 Å². The van der Waals surface area contributed by atoms with Crippen molar-refractivity contribution in [3.05, 3.63) is 58.6 Å². The molecule has 3 rings (SSSR count). The highest BCUT2D eigenvalue weighted by atomic mass is 35.5. The highest BCUT2D eigenvalue weighted by molar-refractivity contribution is 7.89. The van der Waals surface area contributed by atoms with Crippen LogP contribution in [0.1, 0.15) is 22.3 Å². The Labute approximate surface area is 162 Å². The summed E-state index contributed by atoms with van der Waals surface area (Å²) < 4.78 is 23.9. The molecule has 1 fully saturated rings. The monoisotopic (exact) mass is 407 g/mol. The standard InChI is InChI=1S/C18H18ClN3O4S/c19-15-5-2-1-4-12(15)10-17(23)21-13-6-7-14(16(11-13)27(20,25)26)18(24)22-8-3-9-22/h1-2,4-7,11H,3,8-10H2,(H,21,23)(H2,20,25,26). The van der Waals surface area contributed by atoms with Crippen molar-refractivity contribution in [3.8, 4) is 0 Å². The molecule has 9 heteroatoms. The van der Waals surface area contributed by atoms with Gasteiger partial charge in [-0.05, 0) is 36.2 Å². The van der Waals surface area contributed by atoms with Gasteiger partial charge in [-0.1, -0.05) is 29.8 Å². The maximum absolute atomic E-state index is 12.4. The van der Waals surface area contributed by atoms with Crippen LogP contribution in [0.15, 0.2) is 47.4 Å². The van der Waals surface area contributed by atoms with Crippen LogP contribution in [0.2, 0.25) is 5.02 Å². The predicted molar refractivity (Wildman–Crippen MR) is 102 cm³/mol. The number of amides is 2. The fraction of sp³-hybridized carbons (Fsp3) is 0.222. The molecular weight excluding hydrogens is 390 g/mol. The molecule has 0 aliphatic carbocycles. The molecule has 142 valence electrons. The lowest BCUT2D eigenvalue weighted by molar-refractivity contribution is -0.115. The van der Waals surface area contributed by atoms with Crippen molar-refractivity contribution in [2.24, 2.45) is 5.14 Å². The smallest absolute Gasteiger partial charge is 0.255 e. The van der Waals surface area contributed by atoms with Crippen LogP contribution in [0, 0.1) is 0 Å². The van der Waals surface area contributed by atoms with Crippen molar-refractivity contribution in [3.63, 3.8) is 0 Å². The molecule has 0 unspecified atom stereocenters. The van der Waals surface area contributed by atoms with Crippen LogP contribution in [0.3, 0.4) is 0 Å². The Morgan fingerprint density at radius 3 is 2.44 bits per heavy atom. The first-order valence-corrected chi connectivity index (χ1v) is 10.2. The molecule has 1 aliphatic heterocycles. The van der Waals surface area contributed by atoms with E-state index in [-0.39, 0.29) is 34.4 Å². The minimum Gasteiger partial charge on any atom is -0.338 e. The Balaban J connectivity index is 1.83. The summed E-state index contributed by atoms with van der Waals surface area (Å²) in [5.41, 5.74) is 0.880. The molecule has 0 aromatic heterocycles. The van der Waals surface area contributed by atoms with Gasteiger partial charge in [0.15, 0.2) is 0 Å². The molecule has 1 aliphatic rings. The van der Waals surface area contributed by atoms with Crippen LogP contribution in [0.5, 0.6) is 0 Å². The van der Waals surface area contributed by atoms with Gasteiger partial charge >= 0.3 is 0 Å². The molecule has 27 heavy (non-hydrogen) atoms. The summed E-state index contributed by atoms with van der Waals surface area (Å²) in [5.74, 6) is -0.760. The van der Waals surface area contributed by atoms with Crippen molar-refractivity contribution in [1.82, 2.24) is 4.90 Å².